The lowest BCUT2D eigenvalue weighted by molar-refractivity contribution is -0.385. The van der Waals surface area contributed by atoms with Gasteiger partial charge in [-0.3, -0.25) is 19.7 Å². The summed E-state index contributed by atoms with van der Waals surface area (Å²) < 4.78 is 4.93. The second kappa shape index (κ2) is 10.3. The van der Waals surface area contributed by atoms with Crippen molar-refractivity contribution in [2.45, 2.75) is 19.8 Å². The predicted molar refractivity (Wildman–Crippen MR) is 106 cm³/mol. The lowest BCUT2D eigenvalue weighted by atomic mass is 10.1. The molecule has 0 heterocycles. The van der Waals surface area contributed by atoms with Crippen molar-refractivity contribution in [3.8, 4) is 0 Å². The highest BCUT2D eigenvalue weighted by atomic mass is 35.5. The Hall–Kier alpha value is -3.26. The molecule has 0 bridgehead atoms. The van der Waals surface area contributed by atoms with E-state index >= 15 is 0 Å². The molecule has 0 atom stereocenters. The number of amides is 1. The third-order valence-corrected chi connectivity index (χ3v) is 4.24. The average Bonchev–Trinajstić information content (AvgIpc) is 2.69. The van der Waals surface area contributed by atoms with Gasteiger partial charge in [0.25, 0.3) is 5.69 Å². The van der Waals surface area contributed by atoms with Gasteiger partial charge in [-0.25, -0.2) is 4.79 Å². The third kappa shape index (κ3) is 6.69. The summed E-state index contributed by atoms with van der Waals surface area (Å²) in [5, 5.41) is 13.9. The van der Waals surface area contributed by atoms with Crippen molar-refractivity contribution >= 4 is 34.9 Å². The fraction of sp³-hybridized carbons (Fsp3) is 0.250. The molecule has 0 unspecified atom stereocenters. The number of halogens is 1. The highest BCUT2D eigenvalue weighted by Gasteiger charge is 2.22. The number of nitro benzene ring substituents is 1. The molecule has 2 aromatic carbocycles. The van der Waals surface area contributed by atoms with Crippen molar-refractivity contribution in [1.82, 2.24) is 5.32 Å². The van der Waals surface area contributed by atoms with Gasteiger partial charge in [-0.05, 0) is 30.5 Å². The summed E-state index contributed by atoms with van der Waals surface area (Å²) in [4.78, 5) is 45.5. The normalized spacial score (nSPS) is 10.3. The molecule has 0 fully saturated rings. The van der Waals surface area contributed by atoms with E-state index in [9.17, 15) is 24.5 Å². The standard InChI is InChI=1S/C20H19ClN2O6/c1-13(24)22-10-2-3-14-4-6-15(7-5-14)19(25)12-29-20(26)17-9-8-16(21)11-18(17)23(27)28/h4-9,11H,2-3,10,12H2,1H3,(H,22,24). The molecule has 29 heavy (non-hydrogen) atoms. The number of aryl methyl sites for hydroxylation is 1. The van der Waals surface area contributed by atoms with E-state index in [1.165, 1.54) is 19.1 Å². The van der Waals surface area contributed by atoms with E-state index in [2.05, 4.69) is 5.32 Å². The number of ketones is 1. The molecule has 9 heteroatoms. The molecule has 0 saturated heterocycles. The van der Waals surface area contributed by atoms with E-state index in [1.807, 2.05) is 0 Å². The van der Waals surface area contributed by atoms with Crippen LogP contribution in [0.3, 0.4) is 0 Å². The molecule has 0 aliphatic rings. The first-order valence-electron chi connectivity index (χ1n) is 8.75. The number of Topliss-reactive ketones (excluding diaryl/α,β-unsaturated/α-hetero) is 1. The van der Waals surface area contributed by atoms with Crippen LogP contribution in [0, 0.1) is 10.1 Å². The van der Waals surface area contributed by atoms with Crippen LogP contribution in [0.2, 0.25) is 5.02 Å². The summed E-state index contributed by atoms with van der Waals surface area (Å²) in [5.41, 5.74) is 0.593. The Morgan fingerprint density at radius 3 is 2.45 bits per heavy atom. The number of ether oxygens (including phenoxy) is 1. The maximum atomic E-state index is 12.2. The fourth-order valence-corrected chi connectivity index (χ4v) is 2.70. The Kier molecular flexibility index (Phi) is 7.85. The molecule has 8 nitrogen and oxygen atoms in total. The number of carbonyl (C=O) groups excluding carboxylic acids is 3. The van der Waals surface area contributed by atoms with E-state index in [4.69, 9.17) is 16.3 Å². The SMILES string of the molecule is CC(=O)NCCCc1ccc(C(=O)COC(=O)c2ccc(Cl)cc2[N+](=O)[O-])cc1. The lowest BCUT2D eigenvalue weighted by Crippen LogP contribution is -2.21. The molecule has 0 aliphatic carbocycles. The Balaban J connectivity index is 1.91. The molecular formula is C20H19ClN2O6. The number of nitro groups is 1. The monoisotopic (exact) mass is 418 g/mol. The Bertz CT molecular complexity index is 927. The van der Waals surface area contributed by atoms with Gasteiger partial charge in [0.1, 0.15) is 5.56 Å². The van der Waals surface area contributed by atoms with E-state index in [0.717, 1.165) is 24.5 Å². The fourth-order valence-electron chi connectivity index (χ4n) is 2.53. The van der Waals surface area contributed by atoms with Gasteiger partial charge in [-0.15, -0.1) is 0 Å². The molecule has 1 amide bonds. The van der Waals surface area contributed by atoms with Gasteiger partial charge in [0.15, 0.2) is 12.4 Å². The first kappa shape index (κ1) is 22.0. The smallest absolute Gasteiger partial charge is 0.345 e. The van der Waals surface area contributed by atoms with Gasteiger partial charge >= 0.3 is 5.97 Å². The Morgan fingerprint density at radius 2 is 1.83 bits per heavy atom. The van der Waals surface area contributed by atoms with Gasteiger partial charge < -0.3 is 10.1 Å². The van der Waals surface area contributed by atoms with E-state index < -0.39 is 29.0 Å². The predicted octanol–water partition coefficient (Wildman–Crippen LogP) is 3.36. The van der Waals surface area contributed by atoms with Crippen LogP contribution in [0.15, 0.2) is 42.5 Å². The number of hydrogen-bond donors (Lipinski definition) is 1. The van der Waals surface area contributed by atoms with Crippen LogP contribution in [-0.4, -0.2) is 35.7 Å². The molecule has 0 spiro atoms. The molecule has 0 saturated carbocycles. The molecule has 1 N–H and O–H groups in total. The molecule has 2 rings (SSSR count). The van der Waals surface area contributed by atoms with Gasteiger partial charge in [-0.2, -0.15) is 0 Å². The second-order valence-electron chi connectivity index (χ2n) is 6.20. The molecule has 152 valence electrons. The van der Waals surface area contributed by atoms with Gasteiger partial charge in [0, 0.05) is 30.1 Å². The Labute approximate surface area is 172 Å². The van der Waals surface area contributed by atoms with Crippen LogP contribution < -0.4 is 5.32 Å². The minimum Gasteiger partial charge on any atom is -0.454 e. The van der Waals surface area contributed by atoms with Crippen LogP contribution in [0.25, 0.3) is 0 Å². The molecule has 0 aromatic heterocycles. The van der Waals surface area contributed by atoms with E-state index in [1.54, 1.807) is 24.3 Å². The zero-order valence-electron chi connectivity index (χ0n) is 15.6. The van der Waals surface area contributed by atoms with Crippen LogP contribution >= 0.6 is 11.6 Å². The summed E-state index contributed by atoms with van der Waals surface area (Å²) in [6, 6.07) is 10.4. The molecular weight excluding hydrogens is 400 g/mol. The summed E-state index contributed by atoms with van der Waals surface area (Å²) in [6.45, 7) is 1.49. The number of nitrogens with zero attached hydrogens (tertiary/aromatic N) is 1. The number of rotatable bonds is 9. The molecule has 0 radical (unpaired) electrons. The highest BCUT2D eigenvalue weighted by Crippen LogP contribution is 2.24. The summed E-state index contributed by atoms with van der Waals surface area (Å²) in [5.74, 6) is -1.49. The first-order valence-corrected chi connectivity index (χ1v) is 9.13. The van der Waals surface area contributed by atoms with Gasteiger partial charge in [0.05, 0.1) is 4.92 Å². The lowest BCUT2D eigenvalue weighted by Gasteiger charge is -2.07. The highest BCUT2D eigenvalue weighted by molar-refractivity contribution is 6.31. The largest absolute Gasteiger partial charge is 0.454 e. The minimum atomic E-state index is -0.976. The summed E-state index contributed by atoms with van der Waals surface area (Å²) in [6.07, 6.45) is 1.51. The number of carbonyl (C=O) groups is 3. The van der Waals surface area contributed by atoms with Gasteiger partial charge in [0.2, 0.25) is 5.91 Å². The maximum absolute atomic E-state index is 12.2. The second-order valence-corrected chi connectivity index (χ2v) is 6.64. The van der Waals surface area contributed by atoms with Crippen LogP contribution in [-0.2, 0) is 16.0 Å². The topological polar surface area (TPSA) is 116 Å². The van der Waals surface area contributed by atoms with Crippen LogP contribution in [0.4, 0.5) is 5.69 Å². The van der Waals surface area contributed by atoms with Crippen molar-refractivity contribution in [2.75, 3.05) is 13.2 Å². The molecule has 0 aliphatic heterocycles. The van der Waals surface area contributed by atoms with E-state index in [-0.39, 0.29) is 16.5 Å². The summed E-state index contributed by atoms with van der Waals surface area (Å²) in [7, 11) is 0. The Morgan fingerprint density at radius 1 is 1.14 bits per heavy atom. The van der Waals surface area contributed by atoms with Gasteiger partial charge in [-0.1, -0.05) is 35.9 Å². The van der Waals surface area contributed by atoms with E-state index in [0.29, 0.717) is 12.1 Å². The van der Waals surface area contributed by atoms with Crippen LogP contribution in [0.1, 0.15) is 39.6 Å². The minimum absolute atomic E-state index is 0.0792. The maximum Gasteiger partial charge on any atom is 0.345 e. The first-order chi connectivity index (χ1) is 13.8. The number of esters is 1. The average molecular weight is 419 g/mol. The molecule has 2 aromatic rings. The summed E-state index contributed by atoms with van der Waals surface area (Å²) >= 11 is 5.71. The van der Waals surface area contributed by atoms with Crippen molar-refractivity contribution in [3.63, 3.8) is 0 Å². The number of hydrogen-bond acceptors (Lipinski definition) is 6. The quantitative estimate of drug-likeness (QED) is 0.219. The third-order valence-electron chi connectivity index (χ3n) is 4.00. The number of nitrogens with one attached hydrogen (secondary N) is 1. The van der Waals surface area contributed by atoms with Crippen LogP contribution in [0.5, 0.6) is 0 Å². The zero-order chi connectivity index (χ0) is 21.4. The van der Waals surface area contributed by atoms with Crippen molar-refractivity contribution < 1.29 is 24.0 Å². The van der Waals surface area contributed by atoms with Crippen molar-refractivity contribution in [2.24, 2.45) is 0 Å². The number of benzene rings is 2. The zero-order valence-corrected chi connectivity index (χ0v) is 16.4. The van der Waals surface area contributed by atoms with Crippen molar-refractivity contribution in [3.05, 3.63) is 74.3 Å². The van der Waals surface area contributed by atoms with Crippen molar-refractivity contribution in [1.29, 1.82) is 0 Å².